The number of nitrogens with zero attached hydrogens (tertiary/aromatic N) is 1. The zero-order valence-corrected chi connectivity index (χ0v) is 10.1. The molecule has 0 bridgehead atoms. The summed E-state index contributed by atoms with van der Waals surface area (Å²) in [5, 5.41) is 0. The van der Waals surface area contributed by atoms with Gasteiger partial charge in [0.1, 0.15) is 5.60 Å². The van der Waals surface area contributed by atoms with Gasteiger partial charge in [-0.3, -0.25) is 0 Å². The Balaban J connectivity index is 4.15. The van der Waals surface area contributed by atoms with E-state index in [2.05, 4.69) is 4.84 Å². The molecule has 0 fully saturated rings. The summed E-state index contributed by atoms with van der Waals surface area (Å²) < 4.78 is 5.24. The Morgan fingerprint density at radius 1 is 1.33 bits per heavy atom. The molecule has 0 spiro atoms. The van der Waals surface area contributed by atoms with Gasteiger partial charge < -0.3 is 14.5 Å². The Morgan fingerprint density at radius 2 is 1.93 bits per heavy atom. The fourth-order valence-corrected chi connectivity index (χ4v) is 1.05. The van der Waals surface area contributed by atoms with Crippen molar-refractivity contribution in [2.24, 2.45) is 5.90 Å². The summed E-state index contributed by atoms with van der Waals surface area (Å²) in [5.41, 5.74) is -0.466. The Bertz CT molecular complexity index is 190. The van der Waals surface area contributed by atoms with Crippen LogP contribution in [0.5, 0.6) is 0 Å². The molecular weight excluding hydrogens is 196 g/mol. The van der Waals surface area contributed by atoms with Crippen molar-refractivity contribution in [1.82, 2.24) is 4.90 Å². The van der Waals surface area contributed by atoms with E-state index in [-0.39, 0.29) is 6.09 Å². The molecule has 0 saturated carbocycles. The van der Waals surface area contributed by atoms with E-state index >= 15 is 0 Å². The molecule has 0 heterocycles. The number of amides is 1. The van der Waals surface area contributed by atoms with Crippen molar-refractivity contribution in [3.63, 3.8) is 0 Å². The van der Waals surface area contributed by atoms with E-state index in [1.165, 1.54) is 0 Å². The largest absolute Gasteiger partial charge is 0.444 e. The second-order valence-electron chi connectivity index (χ2n) is 4.34. The quantitative estimate of drug-likeness (QED) is 0.711. The molecule has 0 atom stereocenters. The lowest BCUT2D eigenvalue weighted by Crippen LogP contribution is -2.39. The fraction of sp³-hybridized carbons (Fsp3) is 0.900. The van der Waals surface area contributed by atoms with Crippen LogP contribution in [0.3, 0.4) is 0 Å². The van der Waals surface area contributed by atoms with Gasteiger partial charge in [-0.05, 0) is 27.2 Å². The van der Waals surface area contributed by atoms with Crippen molar-refractivity contribution in [3.05, 3.63) is 0 Å². The predicted molar refractivity (Wildman–Crippen MR) is 58.2 cm³/mol. The molecule has 0 aliphatic rings. The smallest absolute Gasteiger partial charge is 0.410 e. The Labute approximate surface area is 91.5 Å². The molecule has 0 unspecified atom stereocenters. The van der Waals surface area contributed by atoms with Crippen molar-refractivity contribution in [3.8, 4) is 0 Å². The molecule has 0 aromatic heterocycles. The number of rotatable bonds is 5. The van der Waals surface area contributed by atoms with Crippen LogP contribution in [0.2, 0.25) is 0 Å². The SMILES string of the molecule is CCCN(CCON)C(=O)OC(C)(C)C. The van der Waals surface area contributed by atoms with E-state index < -0.39 is 5.60 Å². The van der Waals surface area contributed by atoms with Crippen LogP contribution in [0.1, 0.15) is 34.1 Å². The summed E-state index contributed by atoms with van der Waals surface area (Å²) in [5.74, 6) is 4.92. The van der Waals surface area contributed by atoms with Gasteiger partial charge in [-0.2, -0.15) is 0 Å². The van der Waals surface area contributed by atoms with Crippen LogP contribution in [0.4, 0.5) is 4.79 Å². The minimum Gasteiger partial charge on any atom is -0.444 e. The molecule has 0 aliphatic heterocycles. The van der Waals surface area contributed by atoms with E-state index in [4.69, 9.17) is 10.6 Å². The molecule has 0 saturated heterocycles. The average molecular weight is 218 g/mol. The van der Waals surface area contributed by atoms with Gasteiger partial charge in [0.05, 0.1) is 6.61 Å². The van der Waals surface area contributed by atoms with Crippen LogP contribution in [-0.2, 0) is 9.57 Å². The molecule has 0 aromatic rings. The summed E-state index contributed by atoms with van der Waals surface area (Å²) in [6, 6.07) is 0. The van der Waals surface area contributed by atoms with Crippen molar-refractivity contribution in [2.75, 3.05) is 19.7 Å². The van der Waals surface area contributed by atoms with Gasteiger partial charge in [0.15, 0.2) is 0 Å². The number of hydrogen-bond donors (Lipinski definition) is 1. The third-order valence-corrected chi connectivity index (χ3v) is 1.62. The normalized spacial score (nSPS) is 11.3. The molecular formula is C10H22N2O3. The van der Waals surface area contributed by atoms with E-state index in [1.54, 1.807) is 4.90 Å². The molecule has 1 amide bonds. The maximum absolute atomic E-state index is 11.7. The second kappa shape index (κ2) is 6.63. The maximum atomic E-state index is 11.7. The number of nitrogens with two attached hydrogens (primary N) is 1. The number of carbonyl (C=O) groups excluding carboxylic acids is 1. The second-order valence-corrected chi connectivity index (χ2v) is 4.34. The zero-order chi connectivity index (χ0) is 11.9. The number of ether oxygens (including phenoxy) is 1. The molecule has 5 heteroatoms. The molecule has 2 N–H and O–H groups in total. The molecule has 15 heavy (non-hydrogen) atoms. The van der Waals surface area contributed by atoms with E-state index in [0.717, 1.165) is 6.42 Å². The summed E-state index contributed by atoms with van der Waals surface area (Å²) in [6.45, 7) is 8.95. The molecule has 0 radical (unpaired) electrons. The fourth-order valence-electron chi connectivity index (χ4n) is 1.05. The van der Waals surface area contributed by atoms with Gasteiger partial charge in [-0.25, -0.2) is 10.7 Å². The van der Waals surface area contributed by atoms with E-state index in [9.17, 15) is 4.79 Å². The van der Waals surface area contributed by atoms with Crippen LogP contribution in [-0.4, -0.2) is 36.3 Å². The van der Waals surface area contributed by atoms with Crippen LogP contribution >= 0.6 is 0 Å². The van der Waals surface area contributed by atoms with Gasteiger partial charge in [0.2, 0.25) is 0 Å². The topological polar surface area (TPSA) is 64.8 Å². The van der Waals surface area contributed by atoms with E-state index in [1.807, 2.05) is 27.7 Å². The van der Waals surface area contributed by atoms with Gasteiger partial charge in [0, 0.05) is 13.1 Å². The Hall–Kier alpha value is -0.810. The molecule has 0 aliphatic carbocycles. The summed E-state index contributed by atoms with van der Waals surface area (Å²) >= 11 is 0. The lowest BCUT2D eigenvalue weighted by Gasteiger charge is -2.26. The lowest BCUT2D eigenvalue weighted by molar-refractivity contribution is 0.0175. The third-order valence-electron chi connectivity index (χ3n) is 1.62. The first-order valence-corrected chi connectivity index (χ1v) is 5.20. The standard InChI is InChI=1S/C10H22N2O3/c1-5-6-12(7-8-14-11)9(13)15-10(2,3)4/h5-8,11H2,1-4H3. The van der Waals surface area contributed by atoms with Crippen LogP contribution in [0, 0.1) is 0 Å². The van der Waals surface area contributed by atoms with Crippen molar-refractivity contribution in [2.45, 2.75) is 39.7 Å². The first kappa shape index (κ1) is 14.2. The van der Waals surface area contributed by atoms with Crippen LogP contribution in [0.25, 0.3) is 0 Å². The third kappa shape index (κ3) is 7.16. The highest BCUT2D eigenvalue weighted by Gasteiger charge is 2.21. The van der Waals surface area contributed by atoms with Gasteiger partial charge in [0.25, 0.3) is 0 Å². The first-order valence-electron chi connectivity index (χ1n) is 5.20. The first-order chi connectivity index (χ1) is 6.90. The Morgan fingerprint density at radius 3 is 2.33 bits per heavy atom. The Kier molecular flexibility index (Phi) is 6.27. The average Bonchev–Trinajstić information content (AvgIpc) is 2.09. The van der Waals surface area contributed by atoms with Gasteiger partial charge in [-0.1, -0.05) is 6.92 Å². The number of hydrogen-bond acceptors (Lipinski definition) is 4. The maximum Gasteiger partial charge on any atom is 0.410 e. The molecule has 5 nitrogen and oxygen atoms in total. The predicted octanol–water partition coefficient (Wildman–Crippen LogP) is 1.52. The van der Waals surface area contributed by atoms with E-state index in [0.29, 0.717) is 19.7 Å². The monoisotopic (exact) mass is 218 g/mol. The number of carbonyl (C=O) groups is 1. The summed E-state index contributed by atoms with van der Waals surface area (Å²) in [7, 11) is 0. The minimum atomic E-state index is -0.466. The van der Waals surface area contributed by atoms with Crippen molar-refractivity contribution in [1.29, 1.82) is 0 Å². The molecule has 0 aromatic carbocycles. The van der Waals surface area contributed by atoms with Crippen molar-refractivity contribution >= 4 is 6.09 Å². The molecule has 0 rings (SSSR count). The lowest BCUT2D eigenvalue weighted by atomic mass is 10.2. The summed E-state index contributed by atoms with van der Waals surface area (Å²) in [6.07, 6.45) is 0.561. The van der Waals surface area contributed by atoms with Gasteiger partial charge in [-0.15, -0.1) is 0 Å². The van der Waals surface area contributed by atoms with Crippen molar-refractivity contribution < 1.29 is 14.4 Å². The van der Waals surface area contributed by atoms with Crippen LogP contribution < -0.4 is 5.90 Å². The highest BCUT2D eigenvalue weighted by molar-refractivity contribution is 5.68. The summed E-state index contributed by atoms with van der Waals surface area (Å²) in [4.78, 5) is 17.7. The minimum absolute atomic E-state index is 0.318. The zero-order valence-electron chi connectivity index (χ0n) is 10.1. The molecule has 90 valence electrons. The highest BCUT2D eigenvalue weighted by Crippen LogP contribution is 2.09. The van der Waals surface area contributed by atoms with Gasteiger partial charge >= 0.3 is 6.09 Å². The van der Waals surface area contributed by atoms with Crippen LogP contribution in [0.15, 0.2) is 0 Å². The highest BCUT2D eigenvalue weighted by atomic mass is 16.6.